The summed E-state index contributed by atoms with van der Waals surface area (Å²) in [5, 5.41) is 1.44. The van der Waals surface area contributed by atoms with Crippen LogP contribution >= 0.6 is 11.6 Å². The fraction of sp³-hybridized carbons (Fsp3) is 0. The van der Waals surface area contributed by atoms with Crippen LogP contribution in [0.1, 0.15) is 4.11 Å². The molecule has 0 bridgehead atoms. The number of halogens is 1. The molecule has 1 heterocycles. The van der Waals surface area contributed by atoms with Crippen molar-refractivity contribution in [3.63, 3.8) is 0 Å². The standard InChI is InChI=1S/C30H20ClN/c31-25-15-17-30-28(20-25)27-19-24(22-10-5-2-6-11-22)14-16-29(27)32(30)26-13-7-12-23(18-26)21-8-3-1-4-9-21/h1-20H/i15D,17D,20D. The largest absolute Gasteiger partial charge is 0.309 e. The Morgan fingerprint density at radius 2 is 1.22 bits per heavy atom. The average Bonchev–Trinajstić information content (AvgIpc) is 3.26. The molecule has 0 aliphatic heterocycles. The molecule has 0 saturated carbocycles. The van der Waals surface area contributed by atoms with Crippen molar-refractivity contribution in [1.82, 2.24) is 4.57 Å². The van der Waals surface area contributed by atoms with Gasteiger partial charge in [0.15, 0.2) is 0 Å². The number of hydrogen-bond acceptors (Lipinski definition) is 0. The highest BCUT2D eigenvalue weighted by Crippen LogP contribution is 2.36. The molecule has 0 unspecified atom stereocenters. The molecule has 1 nitrogen and oxygen atoms in total. The van der Waals surface area contributed by atoms with Crippen molar-refractivity contribution in [3.05, 3.63) is 126 Å². The Kier molecular flexibility index (Phi) is 3.83. The van der Waals surface area contributed by atoms with Gasteiger partial charge in [-0.15, -0.1) is 0 Å². The molecular formula is C30H20ClN. The van der Waals surface area contributed by atoms with Gasteiger partial charge in [-0.1, -0.05) is 90.5 Å². The third-order valence-electron chi connectivity index (χ3n) is 5.81. The number of aromatic nitrogens is 1. The van der Waals surface area contributed by atoms with Gasteiger partial charge in [0.05, 0.1) is 15.1 Å². The number of rotatable bonds is 3. The van der Waals surface area contributed by atoms with E-state index in [2.05, 4.69) is 48.5 Å². The zero-order valence-electron chi connectivity index (χ0n) is 20.1. The zero-order valence-corrected chi connectivity index (χ0v) is 17.9. The normalized spacial score (nSPS) is 12.6. The van der Waals surface area contributed by atoms with Gasteiger partial charge in [-0.2, -0.15) is 0 Å². The van der Waals surface area contributed by atoms with Gasteiger partial charge in [0.25, 0.3) is 0 Å². The van der Waals surface area contributed by atoms with Gasteiger partial charge in [0, 0.05) is 21.5 Å². The lowest BCUT2D eigenvalue weighted by molar-refractivity contribution is 1.18. The molecule has 0 saturated heterocycles. The van der Waals surface area contributed by atoms with E-state index < -0.39 is 0 Å². The van der Waals surface area contributed by atoms with Gasteiger partial charge in [-0.3, -0.25) is 0 Å². The second-order valence-electron chi connectivity index (χ2n) is 7.76. The molecule has 5 aromatic carbocycles. The highest BCUT2D eigenvalue weighted by Gasteiger charge is 2.14. The Bertz CT molecular complexity index is 1720. The molecule has 0 radical (unpaired) electrons. The smallest absolute Gasteiger partial charge is 0.0646 e. The molecular weight excluding hydrogens is 410 g/mol. The first-order chi connectivity index (χ1) is 17.0. The summed E-state index contributed by atoms with van der Waals surface area (Å²) < 4.78 is 28.0. The first-order valence-electron chi connectivity index (χ1n) is 12.0. The molecule has 1 aromatic heterocycles. The van der Waals surface area contributed by atoms with Crippen LogP contribution < -0.4 is 0 Å². The van der Waals surface area contributed by atoms with Crippen LogP contribution in [0, 0.1) is 0 Å². The summed E-state index contributed by atoms with van der Waals surface area (Å²) in [6.07, 6.45) is 0. The van der Waals surface area contributed by atoms with E-state index in [0.717, 1.165) is 38.8 Å². The summed E-state index contributed by atoms with van der Waals surface area (Å²) in [4.78, 5) is 0. The zero-order chi connectivity index (χ0) is 24.1. The Morgan fingerprint density at radius 1 is 0.562 bits per heavy atom. The van der Waals surface area contributed by atoms with E-state index >= 15 is 0 Å². The fourth-order valence-electron chi connectivity index (χ4n) is 4.32. The summed E-state index contributed by atoms with van der Waals surface area (Å²) in [7, 11) is 0. The highest BCUT2D eigenvalue weighted by atomic mass is 35.5. The van der Waals surface area contributed by atoms with E-state index in [9.17, 15) is 0 Å². The molecule has 0 amide bonds. The molecule has 32 heavy (non-hydrogen) atoms. The van der Waals surface area contributed by atoms with Crippen molar-refractivity contribution in [1.29, 1.82) is 0 Å². The van der Waals surface area contributed by atoms with Crippen molar-refractivity contribution in [2.24, 2.45) is 0 Å². The molecule has 0 atom stereocenters. The number of fused-ring (bicyclic) bond motifs is 3. The minimum Gasteiger partial charge on any atom is -0.309 e. The molecule has 0 fully saturated rings. The third kappa shape index (κ3) is 3.19. The van der Waals surface area contributed by atoms with Gasteiger partial charge in [-0.05, 0) is 64.6 Å². The maximum absolute atomic E-state index is 8.81. The minimum absolute atomic E-state index is 0.00435. The lowest BCUT2D eigenvalue weighted by Gasteiger charge is -2.11. The Labute approximate surface area is 196 Å². The van der Waals surface area contributed by atoms with Crippen molar-refractivity contribution >= 4 is 33.4 Å². The van der Waals surface area contributed by atoms with E-state index in [-0.39, 0.29) is 23.1 Å². The fourth-order valence-corrected chi connectivity index (χ4v) is 4.47. The molecule has 152 valence electrons. The van der Waals surface area contributed by atoms with E-state index in [4.69, 9.17) is 15.7 Å². The lowest BCUT2D eigenvalue weighted by Crippen LogP contribution is -1.94. The number of nitrogens with zero attached hydrogens (tertiary/aromatic N) is 1. The van der Waals surface area contributed by atoms with Crippen LogP contribution in [0.5, 0.6) is 0 Å². The molecule has 0 spiro atoms. The number of hydrogen-bond donors (Lipinski definition) is 0. The Hall–Kier alpha value is -3.81. The third-order valence-corrected chi connectivity index (χ3v) is 6.00. The molecule has 0 aliphatic carbocycles. The predicted octanol–water partition coefficient (Wildman–Crippen LogP) is 8.77. The van der Waals surface area contributed by atoms with Crippen LogP contribution in [0.3, 0.4) is 0 Å². The quantitative estimate of drug-likeness (QED) is 0.263. The van der Waals surface area contributed by atoms with Crippen molar-refractivity contribution < 1.29 is 4.11 Å². The molecule has 6 aromatic rings. The summed E-state index contributed by atoms with van der Waals surface area (Å²) >= 11 is 6.38. The van der Waals surface area contributed by atoms with Crippen molar-refractivity contribution in [3.8, 4) is 27.9 Å². The summed E-state index contributed by atoms with van der Waals surface area (Å²) in [6.45, 7) is 0. The summed E-state index contributed by atoms with van der Waals surface area (Å²) in [5.74, 6) is 0. The monoisotopic (exact) mass is 432 g/mol. The van der Waals surface area contributed by atoms with Crippen molar-refractivity contribution in [2.45, 2.75) is 0 Å². The maximum atomic E-state index is 8.81. The Balaban J connectivity index is 1.71. The van der Waals surface area contributed by atoms with E-state index in [1.54, 1.807) is 0 Å². The molecule has 0 N–H and O–H groups in total. The molecule has 6 rings (SSSR count). The predicted molar refractivity (Wildman–Crippen MR) is 137 cm³/mol. The van der Waals surface area contributed by atoms with Gasteiger partial charge in [-0.25, -0.2) is 0 Å². The Morgan fingerprint density at radius 3 is 1.94 bits per heavy atom. The SMILES string of the molecule is [2H]c1c(Cl)c([2H])c2c3cc(-c4ccccc4)ccc3n(-c3cccc(-c4ccccc4)c3)c2c1[2H]. The van der Waals surface area contributed by atoms with E-state index in [1.165, 1.54) is 0 Å². The van der Waals surface area contributed by atoms with Crippen LogP contribution in [0.15, 0.2) is 121 Å². The minimum atomic E-state index is -0.129. The first kappa shape index (κ1) is 15.9. The van der Waals surface area contributed by atoms with Crippen molar-refractivity contribution in [2.75, 3.05) is 0 Å². The van der Waals surface area contributed by atoms with Crippen LogP contribution in [0.25, 0.3) is 49.7 Å². The van der Waals surface area contributed by atoms with Crippen LogP contribution in [0.2, 0.25) is 5.02 Å². The topological polar surface area (TPSA) is 4.93 Å². The van der Waals surface area contributed by atoms with Crippen LogP contribution in [-0.2, 0) is 0 Å². The molecule has 2 heteroatoms. The lowest BCUT2D eigenvalue weighted by atomic mass is 10.0. The highest BCUT2D eigenvalue weighted by molar-refractivity contribution is 6.32. The van der Waals surface area contributed by atoms with Gasteiger partial charge in [0.2, 0.25) is 0 Å². The van der Waals surface area contributed by atoms with Crippen LogP contribution in [0.4, 0.5) is 0 Å². The van der Waals surface area contributed by atoms with E-state index in [1.807, 2.05) is 59.2 Å². The second kappa shape index (κ2) is 7.71. The number of benzene rings is 5. The summed E-state index contributed by atoms with van der Waals surface area (Å²) in [5.41, 5.74) is 6.50. The summed E-state index contributed by atoms with van der Waals surface area (Å²) in [6, 6.07) is 34.5. The average molecular weight is 433 g/mol. The molecule has 0 aliphatic rings. The maximum Gasteiger partial charge on any atom is 0.0646 e. The van der Waals surface area contributed by atoms with Gasteiger partial charge >= 0.3 is 0 Å². The second-order valence-corrected chi connectivity index (χ2v) is 8.14. The van der Waals surface area contributed by atoms with Gasteiger partial charge < -0.3 is 4.57 Å². The first-order valence-corrected chi connectivity index (χ1v) is 10.9. The van der Waals surface area contributed by atoms with Crippen LogP contribution in [-0.4, -0.2) is 4.57 Å². The van der Waals surface area contributed by atoms with E-state index in [0.29, 0.717) is 10.9 Å². The van der Waals surface area contributed by atoms with Gasteiger partial charge in [0.1, 0.15) is 0 Å².